The third kappa shape index (κ3) is 2.34. The number of fused-ring (bicyclic) bond motifs is 1. The predicted octanol–water partition coefficient (Wildman–Crippen LogP) is 0.0809. The summed E-state index contributed by atoms with van der Waals surface area (Å²) in [4.78, 5) is 13.0. The molecule has 4 atom stereocenters. The number of nitrogen functional groups attached to an aromatic ring is 1. The lowest BCUT2D eigenvalue weighted by atomic mass is 10.2. The van der Waals surface area contributed by atoms with E-state index in [2.05, 4.69) is 27.6 Å². The first kappa shape index (κ1) is 15.5. The summed E-state index contributed by atoms with van der Waals surface area (Å²) in [6, 6.07) is 0. The second kappa shape index (κ2) is 5.65. The summed E-state index contributed by atoms with van der Waals surface area (Å²) in [5.41, 5.74) is 6.96. The lowest BCUT2D eigenvalue weighted by Crippen LogP contribution is -2.30. The van der Waals surface area contributed by atoms with Gasteiger partial charge in [0.05, 0.1) is 24.3 Å². The average Bonchev–Trinajstić information content (AvgIpc) is 3.02. The number of anilines is 1. The largest absolute Gasteiger partial charge is 0.394 e. The van der Waals surface area contributed by atoms with Crippen molar-refractivity contribution in [3.8, 4) is 0 Å². The highest BCUT2D eigenvalue weighted by molar-refractivity contribution is 7.81. The highest BCUT2D eigenvalue weighted by atomic mass is 32.1. The van der Waals surface area contributed by atoms with Crippen LogP contribution >= 0.6 is 12.6 Å². The Balaban J connectivity index is 2.08. The molecule has 4 N–H and O–H groups in total. The topological polar surface area (TPSA) is 119 Å². The number of nitrogens with zero attached hydrogens (tertiary/aromatic N) is 4. The van der Waals surface area contributed by atoms with Crippen LogP contribution in [-0.4, -0.2) is 53.8 Å². The number of aliphatic hydroxyl groups is 2. The van der Waals surface area contributed by atoms with Gasteiger partial charge in [0, 0.05) is 5.92 Å². The summed E-state index contributed by atoms with van der Waals surface area (Å²) < 4.78 is 7.35. The highest BCUT2D eigenvalue weighted by Crippen LogP contribution is 2.35. The molecule has 3 rings (SSSR count). The summed E-state index contributed by atoms with van der Waals surface area (Å²) in [5, 5.41) is 18.8. The number of aliphatic hydroxyl groups excluding tert-OH is 2. The van der Waals surface area contributed by atoms with Crippen molar-refractivity contribution < 1.29 is 14.9 Å². The zero-order valence-corrected chi connectivity index (χ0v) is 13.2. The van der Waals surface area contributed by atoms with E-state index >= 15 is 0 Å². The van der Waals surface area contributed by atoms with Crippen LogP contribution in [0.5, 0.6) is 0 Å². The Hall–Kier alpha value is -1.42. The summed E-state index contributed by atoms with van der Waals surface area (Å²) in [7, 11) is 0. The van der Waals surface area contributed by atoms with Gasteiger partial charge in [0.2, 0.25) is 0 Å². The average molecular weight is 325 g/mol. The Bertz CT molecular complexity index is 692. The summed E-state index contributed by atoms with van der Waals surface area (Å²) in [5.74, 6) is 1.03. The molecule has 3 heterocycles. The molecular weight excluding hydrogens is 306 g/mol. The van der Waals surface area contributed by atoms with Crippen LogP contribution in [0.4, 0.5) is 5.82 Å². The molecule has 0 spiro atoms. The minimum Gasteiger partial charge on any atom is -0.394 e. The van der Waals surface area contributed by atoms with Crippen LogP contribution in [0.3, 0.4) is 0 Å². The normalized spacial score (nSPS) is 28.8. The Morgan fingerprint density at radius 2 is 2.18 bits per heavy atom. The fraction of sp³-hybridized carbons (Fsp3) is 0.615. The Morgan fingerprint density at radius 3 is 2.77 bits per heavy atom. The molecular formula is C13H19N5O3S. The second-order valence-corrected chi connectivity index (χ2v) is 6.27. The molecule has 0 unspecified atom stereocenters. The first-order chi connectivity index (χ1) is 10.4. The fourth-order valence-corrected chi connectivity index (χ4v) is 2.92. The van der Waals surface area contributed by atoms with Gasteiger partial charge in [-0.3, -0.25) is 4.57 Å². The van der Waals surface area contributed by atoms with Gasteiger partial charge in [0.15, 0.2) is 17.7 Å². The first-order valence-corrected chi connectivity index (χ1v) is 7.58. The summed E-state index contributed by atoms with van der Waals surface area (Å²) in [6.45, 7) is 3.66. The number of imidazole rings is 1. The zero-order chi connectivity index (χ0) is 16.0. The Labute approximate surface area is 132 Å². The number of thiol groups is 1. The van der Waals surface area contributed by atoms with E-state index in [0.717, 1.165) is 0 Å². The minimum absolute atomic E-state index is 0.113. The van der Waals surface area contributed by atoms with Gasteiger partial charge in [-0.1, -0.05) is 13.8 Å². The zero-order valence-electron chi connectivity index (χ0n) is 12.3. The quantitative estimate of drug-likeness (QED) is 0.590. The van der Waals surface area contributed by atoms with Crippen molar-refractivity contribution in [1.29, 1.82) is 0 Å². The van der Waals surface area contributed by atoms with Crippen molar-refractivity contribution in [2.75, 3.05) is 12.3 Å². The molecule has 0 aromatic carbocycles. The van der Waals surface area contributed by atoms with Gasteiger partial charge in [-0.25, -0.2) is 15.0 Å². The molecule has 120 valence electrons. The predicted molar refractivity (Wildman–Crippen MR) is 83.6 cm³/mol. The molecule has 9 heteroatoms. The number of rotatable bonds is 3. The molecule has 0 amide bonds. The maximum Gasteiger partial charge on any atom is 0.167 e. The van der Waals surface area contributed by atoms with Crippen LogP contribution in [0.2, 0.25) is 0 Å². The lowest BCUT2D eigenvalue weighted by molar-refractivity contribution is -0.0430. The van der Waals surface area contributed by atoms with Crippen molar-refractivity contribution in [2.24, 2.45) is 0 Å². The maximum atomic E-state index is 10.0. The number of aromatic nitrogens is 4. The van der Waals surface area contributed by atoms with Crippen molar-refractivity contribution >= 4 is 29.6 Å². The Morgan fingerprint density at radius 1 is 1.45 bits per heavy atom. The van der Waals surface area contributed by atoms with Crippen molar-refractivity contribution in [3.63, 3.8) is 0 Å². The molecule has 2 aromatic rings. The van der Waals surface area contributed by atoms with E-state index in [-0.39, 0.29) is 12.5 Å². The molecule has 8 nitrogen and oxygen atoms in total. The lowest BCUT2D eigenvalue weighted by Gasteiger charge is -2.17. The van der Waals surface area contributed by atoms with E-state index in [9.17, 15) is 10.2 Å². The highest BCUT2D eigenvalue weighted by Gasteiger charge is 2.43. The third-order valence-electron chi connectivity index (χ3n) is 3.77. The number of hydrogen-bond donors (Lipinski definition) is 4. The molecule has 1 aliphatic rings. The molecule has 0 bridgehead atoms. The van der Waals surface area contributed by atoms with Crippen LogP contribution in [-0.2, 0) is 4.74 Å². The van der Waals surface area contributed by atoms with Crippen LogP contribution in [0, 0.1) is 0 Å². The van der Waals surface area contributed by atoms with Crippen molar-refractivity contribution in [2.45, 2.75) is 43.5 Å². The smallest absolute Gasteiger partial charge is 0.167 e. The van der Waals surface area contributed by atoms with Gasteiger partial charge in [0.25, 0.3) is 0 Å². The van der Waals surface area contributed by atoms with Gasteiger partial charge < -0.3 is 20.7 Å². The monoisotopic (exact) mass is 325 g/mol. The van der Waals surface area contributed by atoms with E-state index in [4.69, 9.17) is 10.5 Å². The van der Waals surface area contributed by atoms with Gasteiger partial charge in [0.1, 0.15) is 17.4 Å². The molecule has 1 saturated heterocycles. The molecule has 22 heavy (non-hydrogen) atoms. The maximum absolute atomic E-state index is 10.0. The Kier molecular flexibility index (Phi) is 3.98. The van der Waals surface area contributed by atoms with E-state index < -0.39 is 23.7 Å². The molecule has 0 saturated carbocycles. The van der Waals surface area contributed by atoms with E-state index in [0.29, 0.717) is 22.8 Å². The van der Waals surface area contributed by atoms with Crippen LogP contribution in [0.25, 0.3) is 11.2 Å². The van der Waals surface area contributed by atoms with E-state index in [1.807, 2.05) is 13.8 Å². The van der Waals surface area contributed by atoms with Gasteiger partial charge in [-0.15, -0.1) is 0 Å². The van der Waals surface area contributed by atoms with Crippen molar-refractivity contribution in [3.05, 3.63) is 12.2 Å². The van der Waals surface area contributed by atoms with Crippen molar-refractivity contribution in [1.82, 2.24) is 19.5 Å². The summed E-state index contributed by atoms with van der Waals surface area (Å²) >= 11 is 4.39. The van der Waals surface area contributed by atoms with Crippen LogP contribution in [0.1, 0.15) is 31.8 Å². The van der Waals surface area contributed by atoms with Crippen LogP contribution < -0.4 is 5.73 Å². The van der Waals surface area contributed by atoms with Crippen LogP contribution in [0.15, 0.2) is 6.33 Å². The third-order valence-corrected chi connectivity index (χ3v) is 4.33. The van der Waals surface area contributed by atoms with E-state index in [1.54, 1.807) is 10.9 Å². The van der Waals surface area contributed by atoms with E-state index in [1.165, 1.54) is 0 Å². The second-order valence-electron chi connectivity index (χ2n) is 5.67. The number of hydrogen-bond acceptors (Lipinski definition) is 8. The number of ether oxygens (including phenoxy) is 1. The van der Waals surface area contributed by atoms with Gasteiger partial charge in [-0.2, -0.15) is 12.6 Å². The molecule has 1 aliphatic heterocycles. The van der Waals surface area contributed by atoms with Gasteiger partial charge in [-0.05, 0) is 0 Å². The first-order valence-electron chi connectivity index (χ1n) is 7.06. The molecule has 0 aliphatic carbocycles. The number of nitrogens with two attached hydrogens (primary N) is 1. The molecule has 1 fully saturated rings. The standard InChI is InChI=1S/C13H19N5O3S/c1-5(2)11-16-10(14)7-12(17-11)18(4-15-7)13-9(22)8(20)6(3-19)21-13/h4-6,8-9,13,19-20,22H,3H2,1-2H3,(H2,14,16,17)/t6-,8-,9-,13-/m1/s1. The molecule has 0 radical (unpaired) electrons. The minimum atomic E-state index is -0.875. The fourth-order valence-electron chi connectivity index (χ4n) is 2.51. The van der Waals surface area contributed by atoms with Gasteiger partial charge >= 0.3 is 0 Å². The molecule has 2 aromatic heterocycles. The SMILES string of the molecule is CC(C)c1nc(N)c2ncn([C@@H]3O[C@H](CO)[C@@H](O)[C@H]3S)c2n1. The summed E-state index contributed by atoms with van der Waals surface area (Å²) in [6.07, 6.45) is -0.608.